The number of likely N-dealkylation sites (tertiary alicyclic amines) is 1. The summed E-state index contributed by atoms with van der Waals surface area (Å²) in [4.78, 5) is 30.9. The summed E-state index contributed by atoms with van der Waals surface area (Å²) in [5, 5.41) is 6.83. The highest BCUT2D eigenvalue weighted by molar-refractivity contribution is 5.94. The highest BCUT2D eigenvalue weighted by Gasteiger charge is 2.28. The van der Waals surface area contributed by atoms with E-state index in [0.717, 1.165) is 18.5 Å². The van der Waals surface area contributed by atoms with E-state index in [-0.39, 0.29) is 17.5 Å². The van der Waals surface area contributed by atoms with E-state index in [1.54, 1.807) is 22.9 Å². The zero-order valence-electron chi connectivity index (χ0n) is 15.5. The molecule has 1 saturated heterocycles. The number of nitrogens with one attached hydrogen (secondary N) is 1. The lowest BCUT2D eigenvalue weighted by atomic mass is 9.95. The second-order valence-corrected chi connectivity index (χ2v) is 6.71. The van der Waals surface area contributed by atoms with Gasteiger partial charge in [0.15, 0.2) is 0 Å². The first-order chi connectivity index (χ1) is 13.7. The van der Waals surface area contributed by atoms with E-state index < -0.39 is 0 Å². The van der Waals surface area contributed by atoms with E-state index in [9.17, 15) is 9.59 Å². The SMILES string of the molecule is COc1cc(C(=O)N2CCC(c3n[nH]c(=O)n3-c3ccccc3)CC2)ccn1. The zero-order valence-corrected chi connectivity index (χ0v) is 15.5. The van der Waals surface area contributed by atoms with Crippen LogP contribution < -0.4 is 10.4 Å². The Labute approximate surface area is 161 Å². The van der Waals surface area contributed by atoms with Crippen molar-refractivity contribution in [1.82, 2.24) is 24.6 Å². The van der Waals surface area contributed by atoms with Crippen LogP contribution in [0.2, 0.25) is 0 Å². The maximum atomic E-state index is 12.8. The van der Waals surface area contributed by atoms with Gasteiger partial charge in [0.2, 0.25) is 5.88 Å². The maximum Gasteiger partial charge on any atom is 0.347 e. The number of ether oxygens (including phenoxy) is 1. The van der Waals surface area contributed by atoms with Crippen LogP contribution in [0.4, 0.5) is 0 Å². The highest BCUT2D eigenvalue weighted by Crippen LogP contribution is 2.28. The molecule has 3 aromatic rings. The molecule has 3 heterocycles. The van der Waals surface area contributed by atoms with Gasteiger partial charge in [0, 0.05) is 36.8 Å². The standard InChI is InChI=1S/C20H21N5O3/c1-28-17-13-15(7-10-21-17)19(26)24-11-8-14(9-12-24)18-22-23-20(27)25(18)16-5-3-2-4-6-16/h2-7,10,13-14H,8-9,11-12H2,1H3,(H,23,27). The lowest BCUT2D eigenvalue weighted by Crippen LogP contribution is -2.38. The second kappa shape index (κ2) is 7.67. The van der Waals surface area contributed by atoms with Gasteiger partial charge in [-0.05, 0) is 31.0 Å². The number of para-hydroxylation sites is 1. The number of pyridine rings is 1. The topological polar surface area (TPSA) is 93.1 Å². The molecule has 1 fully saturated rings. The number of piperidine rings is 1. The quantitative estimate of drug-likeness (QED) is 0.748. The molecule has 0 radical (unpaired) electrons. The lowest BCUT2D eigenvalue weighted by molar-refractivity contribution is 0.0710. The first-order valence-corrected chi connectivity index (χ1v) is 9.19. The Kier molecular flexibility index (Phi) is 4.92. The minimum Gasteiger partial charge on any atom is -0.481 e. The van der Waals surface area contributed by atoms with Gasteiger partial charge in [0.25, 0.3) is 5.91 Å². The molecule has 0 saturated carbocycles. The molecule has 1 amide bonds. The average Bonchev–Trinajstić information content (AvgIpc) is 3.15. The molecule has 0 bridgehead atoms. The van der Waals surface area contributed by atoms with Gasteiger partial charge in [0.1, 0.15) is 5.82 Å². The minimum atomic E-state index is -0.247. The van der Waals surface area contributed by atoms with E-state index in [2.05, 4.69) is 15.2 Å². The molecule has 1 aliphatic rings. The Bertz CT molecular complexity index is 1020. The van der Waals surface area contributed by atoms with Crippen molar-refractivity contribution in [3.63, 3.8) is 0 Å². The summed E-state index contributed by atoms with van der Waals surface area (Å²) in [5.41, 5.74) is 1.11. The number of H-pyrrole nitrogens is 1. The number of benzene rings is 1. The van der Waals surface area contributed by atoms with Crippen LogP contribution in [0.25, 0.3) is 5.69 Å². The fourth-order valence-electron chi connectivity index (χ4n) is 3.59. The Hall–Kier alpha value is -3.42. The van der Waals surface area contributed by atoms with E-state index in [0.29, 0.717) is 30.4 Å². The van der Waals surface area contributed by atoms with Crippen molar-refractivity contribution in [2.45, 2.75) is 18.8 Å². The molecule has 0 unspecified atom stereocenters. The lowest BCUT2D eigenvalue weighted by Gasteiger charge is -2.31. The normalized spacial score (nSPS) is 14.8. The summed E-state index contributed by atoms with van der Waals surface area (Å²) in [6.45, 7) is 1.20. The largest absolute Gasteiger partial charge is 0.481 e. The molecule has 0 spiro atoms. The van der Waals surface area contributed by atoms with Crippen molar-refractivity contribution in [3.05, 3.63) is 70.5 Å². The van der Waals surface area contributed by atoms with Gasteiger partial charge in [-0.15, -0.1) is 0 Å². The summed E-state index contributed by atoms with van der Waals surface area (Å²) in [7, 11) is 1.53. The number of hydrogen-bond donors (Lipinski definition) is 1. The third-order valence-corrected chi connectivity index (χ3v) is 5.05. The van der Waals surface area contributed by atoms with Crippen LogP contribution in [0, 0.1) is 0 Å². The van der Waals surface area contributed by atoms with Gasteiger partial charge in [-0.2, -0.15) is 5.10 Å². The maximum absolute atomic E-state index is 12.8. The molecule has 1 N–H and O–H groups in total. The minimum absolute atomic E-state index is 0.0402. The number of hydrogen-bond acceptors (Lipinski definition) is 5. The van der Waals surface area contributed by atoms with Gasteiger partial charge >= 0.3 is 5.69 Å². The molecule has 4 rings (SSSR count). The fraction of sp³-hybridized carbons (Fsp3) is 0.300. The van der Waals surface area contributed by atoms with E-state index in [4.69, 9.17) is 4.74 Å². The Balaban J connectivity index is 1.49. The van der Waals surface area contributed by atoms with Crippen LogP contribution in [0.5, 0.6) is 5.88 Å². The number of carbonyl (C=O) groups excluding carboxylic acids is 1. The molecule has 2 aromatic heterocycles. The van der Waals surface area contributed by atoms with Gasteiger partial charge in [-0.3, -0.25) is 4.79 Å². The van der Waals surface area contributed by atoms with Crippen LogP contribution in [0.15, 0.2) is 53.5 Å². The van der Waals surface area contributed by atoms with Gasteiger partial charge < -0.3 is 9.64 Å². The molecule has 8 heteroatoms. The van der Waals surface area contributed by atoms with E-state index in [1.807, 2.05) is 35.2 Å². The van der Waals surface area contributed by atoms with Crippen molar-refractivity contribution in [2.75, 3.05) is 20.2 Å². The molecule has 0 atom stereocenters. The molecule has 0 aliphatic carbocycles. The summed E-state index contributed by atoms with van der Waals surface area (Å²) >= 11 is 0. The van der Waals surface area contributed by atoms with Crippen LogP contribution >= 0.6 is 0 Å². The molecule has 1 aromatic carbocycles. The van der Waals surface area contributed by atoms with E-state index in [1.165, 1.54) is 7.11 Å². The first-order valence-electron chi connectivity index (χ1n) is 9.19. The molecule has 144 valence electrons. The van der Waals surface area contributed by atoms with Gasteiger partial charge in [-0.25, -0.2) is 19.4 Å². The smallest absolute Gasteiger partial charge is 0.347 e. The van der Waals surface area contributed by atoms with Crippen molar-refractivity contribution in [1.29, 1.82) is 0 Å². The van der Waals surface area contributed by atoms with Crippen LogP contribution in [-0.4, -0.2) is 50.8 Å². The average molecular weight is 379 g/mol. The van der Waals surface area contributed by atoms with Crippen molar-refractivity contribution in [3.8, 4) is 11.6 Å². The van der Waals surface area contributed by atoms with Crippen molar-refractivity contribution in [2.24, 2.45) is 0 Å². The molecular weight excluding hydrogens is 358 g/mol. The zero-order chi connectivity index (χ0) is 19.5. The molecule has 1 aliphatic heterocycles. The van der Waals surface area contributed by atoms with Crippen molar-refractivity contribution >= 4 is 5.91 Å². The van der Waals surface area contributed by atoms with Crippen LogP contribution in [-0.2, 0) is 0 Å². The van der Waals surface area contributed by atoms with Crippen LogP contribution in [0.3, 0.4) is 0 Å². The predicted octanol–water partition coefficient (Wildman–Crippen LogP) is 1.98. The number of nitrogens with zero attached hydrogens (tertiary/aromatic N) is 4. The highest BCUT2D eigenvalue weighted by atomic mass is 16.5. The third kappa shape index (κ3) is 3.40. The van der Waals surface area contributed by atoms with Gasteiger partial charge in [0.05, 0.1) is 12.8 Å². The van der Waals surface area contributed by atoms with Crippen LogP contribution in [0.1, 0.15) is 34.9 Å². The number of aromatic amines is 1. The Morgan fingerprint density at radius 3 is 2.64 bits per heavy atom. The summed E-state index contributed by atoms with van der Waals surface area (Å²) < 4.78 is 6.72. The molecule has 8 nitrogen and oxygen atoms in total. The Morgan fingerprint density at radius 2 is 1.93 bits per heavy atom. The fourth-order valence-corrected chi connectivity index (χ4v) is 3.59. The summed E-state index contributed by atoms with van der Waals surface area (Å²) in [5.74, 6) is 1.20. The summed E-state index contributed by atoms with van der Waals surface area (Å²) in [6.07, 6.45) is 3.05. The summed E-state index contributed by atoms with van der Waals surface area (Å²) in [6, 6.07) is 12.8. The Morgan fingerprint density at radius 1 is 1.18 bits per heavy atom. The van der Waals surface area contributed by atoms with Gasteiger partial charge in [-0.1, -0.05) is 18.2 Å². The molecule has 28 heavy (non-hydrogen) atoms. The number of amides is 1. The number of rotatable bonds is 4. The third-order valence-electron chi connectivity index (χ3n) is 5.05. The van der Waals surface area contributed by atoms with E-state index >= 15 is 0 Å². The molecular formula is C20H21N5O3. The number of carbonyl (C=O) groups is 1. The second-order valence-electron chi connectivity index (χ2n) is 6.71. The monoisotopic (exact) mass is 379 g/mol. The number of aromatic nitrogens is 4. The first kappa shape index (κ1) is 18.0. The predicted molar refractivity (Wildman–Crippen MR) is 103 cm³/mol. The van der Waals surface area contributed by atoms with Crippen molar-refractivity contribution < 1.29 is 9.53 Å². The number of methoxy groups -OCH3 is 1.